The van der Waals surface area contributed by atoms with Gasteiger partial charge in [0, 0.05) is 17.3 Å². The summed E-state index contributed by atoms with van der Waals surface area (Å²) in [6.45, 7) is -2.69. The Morgan fingerprint density at radius 3 is 2.72 bits per heavy atom. The van der Waals surface area contributed by atoms with Crippen molar-refractivity contribution in [2.24, 2.45) is 0 Å². The lowest BCUT2D eigenvalue weighted by Gasteiger charge is -2.16. The fraction of sp³-hybridized carbons (Fsp3) is 0.222. The second-order valence-electron chi connectivity index (χ2n) is 3.34. The number of rotatable bonds is 5. The zero-order chi connectivity index (χ0) is 13.9. The molecule has 2 atom stereocenters. The van der Waals surface area contributed by atoms with Crippen LogP contribution in [0.25, 0.3) is 0 Å². The van der Waals surface area contributed by atoms with E-state index < -0.39 is 24.7 Å². The van der Waals surface area contributed by atoms with Gasteiger partial charge in [-0.05, 0) is 19.1 Å². The Bertz CT molecular complexity index is 513. The molecule has 9 heteroatoms. The molecular formula is C9H9Cl2FNO4P. The number of benzene rings is 1. The minimum absolute atomic E-state index is 0.125. The Balaban J connectivity index is 2.79. The van der Waals surface area contributed by atoms with Gasteiger partial charge >= 0.3 is 12.8 Å². The molecule has 0 saturated heterocycles. The zero-order valence-electron chi connectivity index (χ0n) is 9.06. The van der Waals surface area contributed by atoms with Crippen molar-refractivity contribution >= 4 is 35.7 Å². The molecule has 5 nitrogen and oxygen atoms in total. The second kappa shape index (κ2) is 5.89. The number of hydrogen-bond donors (Lipinski definition) is 2. The first kappa shape index (κ1) is 15.2. The van der Waals surface area contributed by atoms with Gasteiger partial charge in [-0.25, -0.2) is 14.0 Å². The fourth-order valence-corrected chi connectivity index (χ4v) is 2.79. The van der Waals surface area contributed by atoms with Gasteiger partial charge in [0.2, 0.25) is 0 Å². The van der Waals surface area contributed by atoms with E-state index in [1.54, 1.807) is 0 Å². The van der Waals surface area contributed by atoms with Gasteiger partial charge in [-0.2, -0.15) is 0 Å². The van der Waals surface area contributed by atoms with Crippen molar-refractivity contribution < 1.29 is 23.4 Å². The molecule has 0 aliphatic heterocycles. The van der Waals surface area contributed by atoms with Gasteiger partial charge < -0.3 is 9.63 Å². The van der Waals surface area contributed by atoms with Crippen molar-refractivity contribution in [2.45, 2.75) is 13.0 Å². The Morgan fingerprint density at radius 1 is 1.61 bits per heavy atom. The van der Waals surface area contributed by atoms with Crippen LogP contribution >= 0.6 is 29.7 Å². The maximum absolute atomic E-state index is 13.1. The molecule has 2 N–H and O–H groups in total. The second-order valence-corrected chi connectivity index (χ2v) is 6.48. The van der Waals surface area contributed by atoms with Crippen LogP contribution in [0.15, 0.2) is 18.2 Å². The SMILES string of the molecule is CC(NP(=O)(Cl)Oc1ccc(Cl)c(F)c1)C(=O)O. The Kier molecular flexibility index (Phi) is 4.99. The predicted molar refractivity (Wildman–Crippen MR) is 65.7 cm³/mol. The monoisotopic (exact) mass is 315 g/mol. The number of hydrogen-bond acceptors (Lipinski definition) is 3. The smallest absolute Gasteiger partial charge is 0.409 e. The highest BCUT2D eigenvalue weighted by Crippen LogP contribution is 2.48. The third-order valence-electron chi connectivity index (χ3n) is 1.83. The number of carboxylic acids is 1. The molecule has 0 heterocycles. The number of halogens is 3. The van der Waals surface area contributed by atoms with Crippen LogP contribution in [0.3, 0.4) is 0 Å². The van der Waals surface area contributed by atoms with E-state index in [0.29, 0.717) is 0 Å². The van der Waals surface area contributed by atoms with Gasteiger partial charge in [-0.15, -0.1) is 0 Å². The van der Waals surface area contributed by atoms with Gasteiger partial charge in [0.1, 0.15) is 17.6 Å². The molecule has 0 amide bonds. The molecule has 0 aliphatic carbocycles. The fourth-order valence-electron chi connectivity index (χ4n) is 0.982. The van der Waals surface area contributed by atoms with Crippen molar-refractivity contribution in [1.29, 1.82) is 0 Å². The maximum Gasteiger partial charge on any atom is 0.409 e. The van der Waals surface area contributed by atoms with E-state index in [9.17, 15) is 13.8 Å². The lowest BCUT2D eigenvalue weighted by Crippen LogP contribution is -2.31. The normalized spacial score (nSPS) is 15.8. The summed E-state index contributed by atoms with van der Waals surface area (Å²) in [6.07, 6.45) is 0. The predicted octanol–water partition coefficient (Wildman–Crippen LogP) is 3.27. The highest BCUT2D eigenvalue weighted by atomic mass is 35.7. The van der Waals surface area contributed by atoms with Gasteiger partial charge in [0.05, 0.1) is 5.02 Å². The average molecular weight is 316 g/mol. The van der Waals surface area contributed by atoms with Crippen LogP contribution in [0, 0.1) is 5.82 Å². The quantitative estimate of drug-likeness (QED) is 0.816. The van der Waals surface area contributed by atoms with Crippen LogP contribution < -0.4 is 9.61 Å². The molecule has 0 fully saturated rings. The van der Waals surface area contributed by atoms with Crippen LogP contribution in [-0.4, -0.2) is 17.1 Å². The van der Waals surface area contributed by atoms with Crippen LogP contribution in [0.2, 0.25) is 5.02 Å². The van der Waals surface area contributed by atoms with Crippen molar-refractivity contribution in [2.75, 3.05) is 0 Å². The van der Waals surface area contributed by atoms with E-state index in [1.807, 2.05) is 0 Å². The third kappa shape index (κ3) is 4.46. The largest absolute Gasteiger partial charge is 0.480 e. The van der Waals surface area contributed by atoms with Gasteiger partial charge in [-0.1, -0.05) is 11.6 Å². The summed E-state index contributed by atoms with van der Waals surface area (Å²) >= 11 is 11.0. The number of carbonyl (C=O) groups is 1. The minimum Gasteiger partial charge on any atom is -0.480 e. The lowest BCUT2D eigenvalue weighted by atomic mass is 10.3. The molecule has 0 spiro atoms. The summed E-state index contributed by atoms with van der Waals surface area (Å²) in [5.74, 6) is -2.14. The van der Waals surface area contributed by atoms with Crippen LogP contribution in [0.4, 0.5) is 4.39 Å². The first-order valence-corrected chi connectivity index (χ1v) is 7.57. The molecule has 1 rings (SSSR count). The summed E-state index contributed by atoms with van der Waals surface area (Å²) in [5, 5.41) is 10.6. The van der Waals surface area contributed by atoms with Gasteiger partial charge in [-0.3, -0.25) is 4.79 Å². The molecule has 0 aliphatic rings. The van der Waals surface area contributed by atoms with Crippen LogP contribution in [0.1, 0.15) is 6.92 Å². The lowest BCUT2D eigenvalue weighted by molar-refractivity contribution is -0.138. The highest BCUT2D eigenvalue weighted by molar-refractivity contribution is 7.84. The van der Waals surface area contributed by atoms with Crippen LogP contribution in [-0.2, 0) is 9.36 Å². The topological polar surface area (TPSA) is 75.6 Å². The molecule has 0 aromatic heterocycles. The van der Waals surface area contributed by atoms with Crippen molar-refractivity contribution in [3.8, 4) is 5.75 Å². The molecule has 100 valence electrons. The van der Waals surface area contributed by atoms with E-state index in [4.69, 9.17) is 32.5 Å². The summed E-state index contributed by atoms with van der Waals surface area (Å²) in [6, 6.07) is 2.17. The minimum atomic E-state index is -3.93. The molecule has 0 bridgehead atoms. The number of nitrogens with one attached hydrogen (secondary N) is 1. The average Bonchev–Trinajstić information content (AvgIpc) is 2.22. The molecule has 2 unspecified atom stereocenters. The molecule has 18 heavy (non-hydrogen) atoms. The van der Waals surface area contributed by atoms with Crippen molar-refractivity contribution in [3.63, 3.8) is 0 Å². The van der Waals surface area contributed by atoms with Gasteiger partial charge in [0.15, 0.2) is 0 Å². The molecule has 0 saturated carbocycles. The summed E-state index contributed by atoms with van der Waals surface area (Å²) in [5.41, 5.74) is 0. The van der Waals surface area contributed by atoms with E-state index >= 15 is 0 Å². The molecule has 1 aromatic rings. The Morgan fingerprint density at radius 2 is 2.22 bits per heavy atom. The summed E-state index contributed by atoms with van der Waals surface area (Å²) in [7, 11) is 0. The van der Waals surface area contributed by atoms with Crippen molar-refractivity contribution in [3.05, 3.63) is 29.0 Å². The van der Waals surface area contributed by atoms with Crippen LogP contribution in [0.5, 0.6) is 5.75 Å². The molecule has 0 radical (unpaired) electrons. The first-order chi connectivity index (χ1) is 8.21. The zero-order valence-corrected chi connectivity index (χ0v) is 11.5. The summed E-state index contributed by atoms with van der Waals surface area (Å²) in [4.78, 5) is 10.6. The number of aliphatic carboxylic acids is 1. The Hall–Kier alpha value is -0.810. The Labute approximate surface area is 112 Å². The maximum atomic E-state index is 13.1. The highest BCUT2D eigenvalue weighted by Gasteiger charge is 2.27. The standard InChI is InChI=1S/C9H9Cl2FNO4P/c1-5(9(14)15)13-18(11,16)17-6-2-3-7(10)8(12)4-6/h2-5H,1H3,(H,13,16)(H,14,15). The van der Waals surface area contributed by atoms with Crippen molar-refractivity contribution in [1.82, 2.24) is 5.09 Å². The van der Waals surface area contributed by atoms with E-state index in [-0.39, 0.29) is 10.8 Å². The molecule has 1 aromatic carbocycles. The number of carboxylic acid groups (broad SMARTS) is 1. The molecular weight excluding hydrogens is 307 g/mol. The van der Waals surface area contributed by atoms with Gasteiger partial charge in [0.25, 0.3) is 0 Å². The van der Waals surface area contributed by atoms with E-state index in [1.165, 1.54) is 19.1 Å². The third-order valence-corrected chi connectivity index (χ3v) is 3.78. The first-order valence-electron chi connectivity index (χ1n) is 4.66. The summed E-state index contributed by atoms with van der Waals surface area (Å²) < 4.78 is 29.6. The van der Waals surface area contributed by atoms with E-state index in [0.717, 1.165) is 6.07 Å². The van der Waals surface area contributed by atoms with E-state index in [2.05, 4.69) is 5.09 Å².